The van der Waals surface area contributed by atoms with Gasteiger partial charge < -0.3 is 19.1 Å². The van der Waals surface area contributed by atoms with Gasteiger partial charge in [0.25, 0.3) is 0 Å². The van der Waals surface area contributed by atoms with Crippen LogP contribution in [0.25, 0.3) is 0 Å². The molecule has 0 aliphatic carbocycles. The van der Waals surface area contributed by atoms with Gasteiger partial charge in [0.2, 0.25) is 10.0 Å². The van der Waals surface area contributed by atoms with Gasteiger partial charge in [-0.2, -0.15) is 0 Å². The Morgan fingerprint density at radius 2 is 1.71 bits per heavy atom. The average Bonchev–Trinajstić information content (AvgIpc) is 2.71. The maximum absolute atomic E-state index is 12.5. The molecule has 0 saturated carbocycles. The molecule has 9 nitrogen and oxygen atoms in total. The monoisotopic (exact) mass is 457 g/mol. The fourth-order valence-corrected chi connectivity index (χ4v) is 4.00. The first-order chi connectivity index (χ1) is 14.6. The molecule has 1 aromatic carbocycles. The second kappa shape index (κ2) is 11.7. The Bertz CT molecular complexity index is 784. The lowest BCUT2D eigenvalue weighted by molar-refractivity contribution is 0.0147. The number of carbonyl (C=O) groups excluding carboxylic acids is 1. The van der Waals surface area contributed by atoms with Crippen molar-refractivity contribution in [2.45, 2.75) is 38.2 Å². The molecule has 31 heavy (non-hydrogen) atoms. The van der Waals surface area contributed by atoms with Crippen LogP contribution in [0, 0.1) is 0 Å². The third-order valence-corrected chi connectivity index (χ3v) is 6.06. The summed E-state index contributed by atoms with van der Waals surface area (Å²) in [6, 6.07) is 6.32. The molecule has 0 unspecified atom stereocenters. The van der Waals surface area contributed by atoms with Gasteiger partial charge in [0.15, 0.2) is 0 Å². The number of nitrogens with one attached hydrogen (secondary N) is 1. The van der Waals surface area contributed by atoms with Crippen molar-refractivity contribution < 1.29 is 27.4 Å². The Balaban J connectivity index is 1.72. The zero-order chi connectivity index (χ0) is 22.9. The van der Waals surface area contributed by atoms with Crippen LogP contribution in [0.3, 0.4) is 0 Å². The fourth-order valence-electron chi connectivity index (χ4n) is 2.98. The van der Waals surface area contributed by atoms with Gasteiger partial charge in [-0.1, -0.05) is 0 Å². The predicted molar refractivity (Wildman–Crippen MR) is 118 cm³/mol. The van der Waals surface area contributed by atoms with Crippen molar-refractivity contribution in [3.63, 3.8) is 0 Å². The summed E-state index contributed by atoms with van der Waals surface area (Å²) in [5, 5.41) is 0. The number of ether oxygens (including phenoxy) is 3. The van der Waals surface area contributed by atoms with Gasteiger partial charge in [-0.25, -0.2) is 17.9 Å². The van der Waals surface area contributed by atoms with Gasteiger partial charge in [-0.05, 0) is 52.0 Å². The van der Waals surface area contributed by atoms with Gasteiger partial charge in [-0.15, -0.1) is 0 Å². The fraction of sp³-hybridized carbons (Fsp3) is 0.667. The van der Waals surface area contributed by atoms with Gasteiger partial charge >= 0.3 is 6.09 Å². The maximum atomic E-state index is 12.5. The van der Waals surface area contributed by atoms with Gasteiger partial charge in [0.05, 0.1) is 11.5 Å². The molecule has 0 aromatic heterocycles. The Morgan fingerprint density at radius 1 is 1.06 bits per heavy atom. The Morgan fingerprint density at radius 3 is 2.29 bits per heavy atom. The summed E-state index contributed by atoms with van der Waals surface area (Å²) >= 11 is 0. The number of rotatable bonds is 10. The van der Waals surface area contributed by atoms with E-state index in [1.165, 1.54) is 12.1 Å². The van der Waals surface area contributed by atoms with Crippen LogP contribution in [0.2, 0.25) is 0 Å². The number of hydrogen-bond donors (Lipinski definition) is 1. The molecule has 1 saturated heterocycles. The molecule has 10 heteroatoms. The Labute approximate surface area is 185 Å². The van der Waals surface area contributed by atoms with Gasteiger partial charge in [-0.3, -0.25) is 4.90 Å². The van der Waals surface area contributed by atoms with Crippen LogP contribution in [0.4, 0.5) is 4.79 Å². The number of nitrogens with zero attached hydrogens (tertiary/aromatic N) is 2. The number of sulfonamides is 1. The van der Waals surface area contributed by atoms with E-state index in [9.17, 15) is 13.2 Å². The van der Waals surface area contributed by atoms with E-state index in [0.717, 1.165) is 0 Å². The zero-order valence-electron chi connectivity index (χ0n) is 18.9. The van der Waals surface area contributed by atoms with Crippen molar-refractivity contribution in [3.05, 3.63) is 24.3 Å². The van der Waals surface area contributed by atoms with E-state index in [4.69, 9.17) is 14.2 Å². The van der Waals surface area contributed by atoms with E-state index in [1.54, 1.807) is 17.0 Å². The molecule has 176 valence electrons. The molecule has 0 spiro atoms. The second-order valence-corrected chi connectivity index (χ2v) is 9.99. The molecule has 1 aromatic rings. The highest BCUT2D eigenvalue weighted by molar-refractivity contribution is 7.89. The number of amides is 1. The summed E-state index contributed by atoms with van der Waals surface area (Å²) in [5.74, 6) is 0.599. The maximum Gasteiger partial charge on any atom is 0.410 e. The summed E-state index contributed by atoms with van der Waals surface area (Å²) in [7, 11) is -3.59. The van der Waals surface area contributed by atoms with E-state index in [2.05, 4.69) is 9.62 Å². The largest absolute Gasteiger partial charge is 0.491 e. The lowest BCUT2D eigenvalue weighted by atomic mass is 10.2. The zero-order valence-corrected chi connectivity index (χ0v) is 19.7. The first-order valence-electron chi connectivity index (χ1n) is 10.6. The third-order valence-electron chi connectivity index (χ3n) is 4.58. The van der Waals surface area contributed by atoms with Crippen LogP contribution in [-0.2, 0) is 19.5 Å². The van der Waals surface area contributed by atoms with Crippen molar-refractivity contribution in [2.24, 2.45) is 0 Å². The van der Waals surface area contributed by atoms with Crippen LogP contribution >= 0.6 is 0 Å². The molecule has 1 fully saturated rings. The summed E-state index contributed by atoms with van der Waals surface area (Å²) < 4.78 is 43.7. The van der Waals surface area contributed by atoms with E-state index in [0.29, 0.717) is 64.8 Å². The Hall–Kier alpha value is -1.88. The minimum atomic E-state index is -3.59. The van der Waals surface area contributed by atoms with E-state index in [1.807, 2.05) is 27.7 Å². The molecular formula is C21H35N3O6S. The molecule has 2 rings (SSSR count). The third kappa shape index (κ3) is 9.02. The molecular weight excluding hydrogens is 422 g/mol. The highest BCUT2D eigenvalue weighted by Crippen LogP contribution is 2.16. The highest BCUT2D eigenvalue weighted by atomic mass is 32.2. The van der Waals surface area contributed by atoms with E-state index in [-0.39, 0.29) is 11.0 Å². The molecule has 1 aliphatic rings. The molecule has 0 atom stereocenters. The quantitative estimate of drug-likeness (QED) is 0.536. The topological polar surface area (TPSA) is 97.4 Å². The lowest BCUT2D eigenvalue weighted by Crippen LogP contribution is -2.51. The van der Waals surface area contributed by atoms with Gasteiger partial charge in [0, 0.05) is 45.9 Å². The molecule has 1 amide bonds. The molecule has 0 radical (unpaired) electrons. The van der Waals surface area contributed by atoms with Crippen LogP contribution in [-0.4, -0.2) is 89.0 Å². The molecule has 1 N–H and O–H groups in total. The van der Waals surface area contributed by atoms with Crippen molar-refractivity contribution >= 4 is 16.1 Å². The van der Waals surface area contributed by atoms with Crippen LogP contribution in [0.15, 0.2) is 29.2 Å². The normalized spacial score (nSPS) is 15.7. The van der Waals surface area contributed by atoms with Crippen LogP contribution in [0.5, 0.6) is 5.75 Å². The van der Waals surface area contributed by atoms with Crippen molar-refractivity contribution in [1.82, 2.24) is 14.5 Å². The van der Waals surface area contributed by atoms with Crippen LogP contribution < -0.4 is 9.46 Å². The average molecular weight is 458 g/mol. The minimum absolute atomic E-state index is 0.194. The number of piperazine rings is 1. The van der Waals surface area contributed by atoms with Gasteiger partial charge in [0.1, 0.15) is 18.0 Å². The van der Waals surface area contributed by atoms with Crippen molar-refractivity contribution in [1.29, 1.82) is 0 Å². The summed E-state index contributed by atoms with van der Waals surface area (Å²) in [4.78, 5) is 16.1. The van der Waals surface area contributed by atoms with E-state index >= 15 is 0 Å². The molecule has 1 aliphatic heterocycles. The highest BCUT2D eigenvalue weighted by Gasteiger charge is 2.25. The minimum Gasteiger partial charge on any atom is -0.491 e. The summed E-state index contributed by atoms with van der Waals surface area (Å²) in [5.41, 5.74) is -0.514. The predicted octanol–water partition coefficient (Wildman–Crippen LogP) is 1.93. The van der Waals surface area contributed by atoms with Crippen molar-refractivity contribution in [2.75, 3.05) is 59.1 Å². The SMILES string of the molecule is CCOCCOc1ccc(S(=O)(=O)NCCN2CCN(C(=O)OC(C)(C)C)CC2)cc1. The standard InChI is InChI=1S/C21H35N3O6S/c1-5-28-16-17-29-18-6-8-19(9-7-18)31(26,27)22-10-11-23-12-14-24(15-13-23)20(25)30-21(2,3)4/h6-9,22H,5,10-17H2,1-4H3. The lowest BCUT2D eigenvalue weighted by Gasteiger charge is -2.35. The van der Waals surface area contributed by atoms with E-state index < -0.39 is 15.6 Å². The Kier molecular flexibility index (Phi) is 9.54. The molecule has 0 bridgehead atoms. The smallest absolute Gasteiger partial charge is 0.410 e. The molecule has 1 heterocycles. The second-order valence-electron chi connectivity index (χ2n) is 8.22. The first-order valence-corrected chi connectivity index (χ1v) is 12.1. The first kappa shape index (κ1) is 25.4. The number of benzene rings is 1. The number of hydrogen-bond acceptors (Lipinski definition) is 7. The van der Waals surface area contributed by atoms with Crippen molar-refractivity contribution in [3.8, 4) is 5.75 Å². The van der Waals surface area contributed by atoms with Crippen LogP contribution in [0.1, 0.15) is 27.7 Å². The summed E-state index contributed by atoms with van der Waals surface area (Å²) in [6.07, 6.45) is -0.307. The summed E-state index contributed by atoms with van der Waals surface area (Å²) in [6.45, 7) is 12.3. The number of carbonyl (C=O) groups is 1.